The number of hydrogen-bond donors (Lipinski definition) is 1. The van der Waals surface area contributed by atoms with Crippen LogP contribution in [0.25, 0.3) is 0 Å². The van der Waals surface area contributed by atoms with Crippen LogP contribution in [0.2, 0.25) is 0 Å². The molecule has 4 nitrogen and oxygen atoms in total. The largest absolute Gasteiger partial charge is 0.394 e. The Morgan fingerprint density at radius 3 is 3.15 bits per heavy atom. The molecule has 0 radical (unpaired) electrons. The molecule has 0 amide bonds. The van der Waals surface area contributed by atoms with Gasteiger partial charge in [-0.25, -0.2) is 4.99 Å². The molecule has 1 atom stereocenters. The maximum absolute atomic E-state index is 9.14. The van der Waals surface area contributed by atoms with Crippen molar-refractivity contribution in [2.75, 3.05) is 13.2 Å². The molecular formula is C9H13N3O. The van der Waals surface area contributed by atoms with Gasteiger partial charge in [-0.3, -0.25) is 4.99 Å². The number of hydrogen-bond acceptors (Lipinski definition) is 4. The van der Waals surface area contributed by atoms with E-state index < -0.39 is 0 Å². The molecule has 0 saturated heterocycles. The highest BCUT2D eigenvalue weighted by Gasteiger charge is 2.34. The Labute approximate surface area is 77.3 Å². The first-order valence-electron chi connectivity index (χ1n) is 4.33. The van der Waals surface area contributed by atoms with Gasteiger partial charge in [0, 0.05) is 11.8 Å². The van der Waals surface area contributed by atoms with Crippen molar-refractivity contribution in [1.82, 2.24) is 4.90 Å². The molecule has 2 heterocycles. The minimum atomic E-state index is -0.359. The van der Waals surface area contributed by atoms with Crippen LogP contribution in [0, 0.1) is 0 Å². The third-order valence-corrected chi connectivity index (χ3v) is 2.27. The predicted octanol–water partition coefficient (Wildman–Crippen LogP) is 0.397. The van der Waals surface area contributed by atoms with Crippen LogP contribution in [-0.4, -0.2) is 40.9 Å². The van der Waals surface area contributed by atoms with E-state index in [1.807, 2.05) is 24.8 Å². The van der Waals surface area contributed by atoms with Gasteiger partial charge in [0.25, 0.3) is 0 Å². The SMILES string of the molecule is CC1=CC2=NC(C)(CO)CN2C=N1. The summed E-state index contributed by atoms with van der Waals surface area (Å²) in [5, 5.41) is 9.14. The van der Waals surface area contributed by atoms with Crippen molar-refractivity contribution in [3.05, 3.63) is 11.8 Å². The molecule has 1 N–H and O–H groups in total. The van der Waals surface area contributed by atoms with Gasteiger partial charge in [0.15, 0.2) is 0 Å². The van der Waals surface area contributed by atoms with Crippen LogP contribution in [-0.2, 0) is 0 Å². The lowest BCUT2D eigenvalue weighted by Gasteiger charge is -2.20. The number of allylic oxidation sites excluding steroid dienone is 1. The van der Waals surface area contributed by atoms with E-state index in [-0.39, 0.29) is 12.1 Å². The van der Waals surface area contributed by atoms with E-state index in [9.17, 15) is 0 Å². The lowest BCUT2D eigenvalue weighted by Crippen LogP contribution is -2.36. The molecule has 0 aromatic heterocycles. The quantitative estimate of drug-likeness (QED) is 0.633. The average Bonchev–Trinajstić information content (AvgIpc) is 2.42. The molecule has 70 valence electrons. The number of fused-ring (bicyclic) bond motifs is 1. The Balaban J connectivity index is 2.31. The van der Waals surface area contributed by atoms with Crippen molar-refractivity contribution in [2.45, 2.75) is 19.4 Å². The Hall–Kier alpha value is -1.16. The van der Waals surface area contributed by atoms with Crippen LogP contribution in [0.5, 0.6) is 0 Å². The number of aliphatic hydroxyl groups is 1. The van der Waals surface area contributed by atoms with Crippen LogP contribution < -0.4 is 0 Å². The second-order valence-corrected chi connectivity index (χ2v) is 3.78. The monoisotopic (exact) mass is 179 g/mol. The van der Waals surface area contributed by atoms with Crippen LogP contribution in [0.4, 0.5) is 0 Å². The van der Waals surface area contributed by atoms with Crippen molar-refractivity contribution < 1.29 is 5.11 Å². The molecule has 13 heavy (non-hydrogen) atoms. The average molecular weight is 179 g/mol. The van der Waals surface area contributed by atoms with Gasteiger partial charge in [0.2, 0.25) is 0 Å². The third-order valence-electron chi connectivity index (χ3n) is 2.27. The lowest BCUT2D eigenvalue weighted by atomic mass is 10.1. The summed E-state index contributed by atoms with van der Waals surface area (Å²) in [5.41, 5.74) is 0.597. The fourth-order valence-corrected chi connectivity index (χ4v) is 1.51. The van der Waals surface area contributed by atoms with Crippen molar-refractivity contribution in [3.63, 3.8) is 0 Å². The number of amidine groups is 1. The normalized spacial score (nSPS) is 31.5. The van der Waals surface area contributed by atoms with Gasteiger partial charge in [-0.1, -0.05) is 0 Å². The zero-order valence-corrected chi connectivity index (χ0v) is 7.86. The van der Waals surface area contributed by atoms with E-state index in [0.29, 0.717) is 6.54 Å². The molecule has 0 fully saturated rings. The summed E-state index contributed by atoms with van der Waals surface area (Å²) in [6.45, 7) is 4.67. The molecule has 0 spiro atoms. The van der Waals surface area contributed by atoms with Gasteiger partial charge in [-0.05, 0) is 13.8 Å². The Morgan fingerprint density at radius 1 is 1.69 bits per heavy atom. The van der Waals surface area contributed by atoms with Gasteiger partial charge in [0.1, 0.15) is 11.4 Å². The molecule has 0 bridgehead atoms. The Bertz CT molecular complexity index is 319. The van der Waals surface area contributed by atoms with Crippen LogP contribution in [0.1, 0.15) is 13.8 Å². The maximum atomic E-state index is 9.14. The van der Waals surface area contributed by atoms with E-state index in [4.69, 9.17) is 5.11 Å². The van der Waals surface area contributed by atoms with Crippen LogP contribution in [0.15, 0.2) is 21.8 Å². The standard InChI is InChI=1S/C9H13N3O/c1-7-3-8-11-9(2,5-13)4-12(8)6-10-7/h3,6,13H,4-5H2,1-2H3. The molecule has 2 rings (SSSR count). The number of aliphatic hydroxyl groups excluding tert-OH is 1. The second kappa shape index (κ2) is 2.67. The highest BCUT2D eigenvalue weighted by molar-refractivity contribution is 6.03. The fraction of sp³-hybridized carbons (Fsp3) is 0.556. The van der Waals surface area contributed by atoms with E-state index in [2.05, 4.69) is 9.98 Å². The first-order chi connectivity index (χ1) is 6.13. The fourth-order valence-electron chi connectivity index (χ4n) is 1.51. The molecule has 2 aliphatic rings. The van der Waals surface area contributed by atoms with Crippen LogP contribution >= 0.6 is 0 Å². The molecule has 0 aromatic carbocycles. The van der Waals surface area contributed by atoms with Crippen molar-refractivity contribution >= 4 is 12.2 Å². The second-order valence-electron chi connectivity index (χ2n) is 3.78. The van der Waals surface area contributed by atoms with Gasteiger partial charge in [-0.2, -0.15) is 0 Å². The van der Waals surface area contributed by atoms with Crippen molar-refractivity contribution in [3.8, 4) is 0 Å². The first-order valence-corrected chi connectivity index (χ1v) is 4.33. The van der Waals surface area contributed by atoms with Crippen molar-refractivity contribution in [1.29, 1.82) is 0 Å². The minimum absolute atomic E-state index is 0.0771. The molecule has 0 saturated carbocycles. The summed E-state index contributed by atoms with van der Waals surface area (Å²) in [6, 6.07) is 0. The third kappa shape index (κ3) is 1.37. The highest BCUT2D eigenvalue weighted by atomic mass is 16.3. The Morgan fingerprint density at radius 2 is 2.46 bits per heavy atom. The number of nitrogens with zero attached hydrogens (tertiary/aromatic N) is 3. The Kier molecular flexibility index (Phi) is 1.73. The lowest BCUT2D eigenvalue weighted by molar-refractivity contribution is 0.209. The summed E-state index contributed by atoms with van der Waals surface area (Å²) < 4.78 is 0. The van der Waals surface area contributed by atoms with E-state index in [1.165, 1.54) is 0 Å². The van der Waals surface area contributed by atoms with E-state index in [1.54, 1.807) is 6.34 Å². The van der Waals surface area contributed by atoms with Crippen molar-refractivity contribution in [2.24, 2.45) is 9.98 Å². The van der Waals surface area contributed by atoms with Crippen LogP contribution in [0.3, 0.4) is 0 Å². The van der Waals surface area contributed by atoms with Gasteiger partial charge < -0.3 is 10.0 Å². The number of rotatable bonds is 1. The van der Waals surface area contributed by atoms with E-state index in [0.717, 1.165) is 11.5 Å². The molecular weight excluding hydrogens is 166 g/mol. The maximum Gasteiger partial charge on any atom is 0.131 e. The van der Waals surface area contributed by atoms with Gasteiger partial charge in [-0.15, -0.1) is 0 Å². The van der Waals surface area contributed by atoms with E-state index >= 15 is 0 Å². The molecule has 4 heteroatoms. The zero-order valence-electron chi connectivity index (χ0n) is 7.86. The molecule has 2 aliphatic heterocycles. The smallest absolute Gasteiger partial charge is 0.131 e. The van der Waals surface area contributed by atoms with Gasteiger partial charge >= 0.3 is 0 Å². The summed E-state index contributed by atoms with van der Waals surface area (Å²) in [5.74, 6) is 0.907. The predicted molar refractivity (Wildman–Crippen MR) is 51.9 cm³/mol. The van der Waals surface area contributed by atoms with Gasteiger partial charge in [0.05, 0.1) is 19.5 Å². The highest BCUT2D eigenvalue weighted by Crippen LogP contribution is 2.22. The number of aliphatic imine (C=N–C) groups is 2. The molecule has 0 aliphatic carbocycles. The first kappa shape index (κ1) is 8.44. The minimum Gasteiger partial charge on any atom is -0.394 e. The topological polar surface area (TPSA) is 48.2 Å². The summed E-state index contributed by atoms with van der Waals surface area (Å²) >= 11 is 0. The molecule has 1 unspecified atom stereocenters. The summed E-state index contributed by atoms with van der Waals surface area (Å²) in [6.07, 6.45) is 3.70. The summed E-state index contributed by atoms with van der Waals surface area (Å²) in [4.78, 5) is 10.6. The molecule has 0 aromatic rings. The zero-order chi connectivity index (χ0) is 9.47. The summed E-state index contributed by atoms with van der Waals surface area (Å²) in [7, 11) is 0.